The molecule has 4 heteroatoms. The lowest BCUT2D eigenvalue weighted by molar-refractivity contribution is -0.136. The van der Waals surface area contributed by atoms with E-state index < -0.39 is 0 Å². The van der Waals surface area contributed by atoms with Crippen LogP contribution in [0.15, 0.2) is 0 Å². The Morgan fingerprint density at radius 3 is 2.75 bits per heavy atom. The summed E-state index contributed by atoms with van der Waals surface area (Å²) in [5.74, 6) is 1.67. The zero-order valence-electron chi connectivity index (χ0n) is 10.2. The summed E-state index contributed by atoms with van der Waals surface area (Å²) < 4.78 is 5.47. The summed E-state index contributed by atoms with van der Waals surface area (Å²) in [6, 6.07) is 0. The van der Waals surface area contributed by atoms with Crippen molar-refractivity contribution in [1.82, 2.24) is 10.2 Å². The maximum absolute atomic E-state index is 12.0. The number of amides is 1. The van der Waals surface area contributed by atoms with E-state index in [1.807, 2.05) is 11.8 Å². The molecule has 0 bridgehead atoms. The number of carbonyl (C=O) groups excluding carboxylic acids is 1. The predicted octanol–water partition coefficient (Wildman–Crippen LogP) is 0.337. The standard InChI is InChI=1S/C12H22N2O2/c1-3-16-8-11-7-14(6-9(11)2)12(15)10-4-13-5-10/h9-11,13H,3-8H2,1-2H3/t9-,11-/m1/s1. The number of nitrogens with zero attached hydrogens (tertiary/aromatic N) is 1. The molecule has 2 heterocycles. The highest BCUT2D eigenvalue weighted by Gasteiger charge is 2.36. The second-order valence-electron chi connectivity index (χ2n) is 5.00. The van der Waals surface area contributed by atoms with Gasteiger partial charge in [-0.15, -0.1) is 0 Å². The lowest BCUT2D eigenvalue weighted by atomic mass is 9.99. The van der Waals surface area contributed by atoms with Gasteiger partial charge in [0.05, 0.1) is 12.5 Å². The average molecular weight is 226 g/mol. The van der Waals surface area contributed by atoms with Crippen LogP contribution in [-0.2, 0) is 9.53 Å². The number of rotatable bonds is 4. The number of ether oxygens (including phenoxy) is 1. The van der Waals surface area contributed by atoms with Gasteiger partial charge in [0, 0.05) is 38.7 Å². The molecule has 0 aromatic heterocycles. The number of hydrogen-bond donors (Lipinski definition) is 1. The molecule has 92 valence electrons. The Labute approximate surface area is 97.3 Å². The quantitative estimate of drug-likeness (QED) is 0.751. The van der Waals surface area contributed by atoms with Crippen molar-refractivity contribution in [1.29, 1.82) is 0 Å². The molecule has 1 N–H and O–H groups in total. The maximum atomic E-state index is 12.0. The molecule has 0 unspecified atom stereocenters. The minimum Gasteiger partial charge on any atom is -0.381 e. The van der Waals surface area contributed by atoms with Crippen LogP contribution in [0.3, 0.4) is 0 Å². The van der Waals surface area contributed by atoms with Crippen LogP contribution in [0.25, 0.3) is 0 Å². The molecular weight excluding hydrogens is 204 g/mol. The van der Waals surface area contributed by atoms with E-state index in [0.29, 0.717) is 17.7 Å². The number of hydrogen-bond acceptors (Lipinski definition) is 3. The van der Waals surface area contributed by atoms with Crippen molar-refractivity contribution >= 4 is 5.91 Å². The molecule has 0 spiro atoms. The Morgan fingerprint density at radius 1 is 1.44 bits per heavy atom. The van der Waals surface area contributed by atoms with Gasteiger partial charge in [-0.3, -0.25) is 4.79 Å². The van der Waals surface area contributed by atoms with Gasteiger partial charge in [-0.2, -0.15) is 0 Å². The van der Waals surface area contributed by atoms with Crippen LogP contribution in [-0.4, -0.2) is 50.2 Å². The molecule has 2 aliphatic heterocycles. The summed E-state index contributed by atoms with van der Waals surface area (Å²) >= 11 is 0. The fraction of sp³-hybridized carbons (Fsp3) is 0.917. The highest BCUT2D eigenvalue weighted by molar-refractivity contribution is 5.80. The van der Waals surface area contributed by atoms with E-state index in [4.69, 9.17) is 4.74 Å². The van der Waals surface area contributed by atoms with E-state index in [2.05, 4.69) is 12.2 Å². The number of nitrogens with one attached hydrogen (secondary N) is 1. The SMILES string of the molecule is CCOC[C@H]1CN(C(=O)C2CNC2)C[C@H]1C. The molecule has 0 aromatic rings. The van der Waals surface area contributed by atoms with Crippen LogP contribution >= 0.6 is 0 Å². The third-order valence-corrected chi connectivity index (χ3v) is 3.75. The molecule has 16 heavy (non-hydrogen) atoms. The molecule has 2 saturated heterocycles. The smallest absolute Gasteiger partial charge is 0.228 e. The monoisotopic (exact) mass is 226 g/mol. The topological polar surface area (TPSA) is 41.6 Å². The molecule has 0 aromatic carbocycles. The molecular formula is C12H22N2O2. The Morgan fingerprint density at radius 2 is 2.19 bits per heavy atom. The minimum atomic E-state index is 0.234. The molecule has 1 amide bonds. The maximum Gasteiger partial charge on any atom is 0.228 e. The minimum absolute atomic E-state index is 0.234. The van der Waals surface area contributed by atoms with Crippen molar-refractivity contribution in [2.24, 2.45) is 17.8 Å². The van der Waals surface area contributed by atoms with Gasteiger partial charge in [0.25, 0.3) is 0 Å². The first-order chi connectivity index (χ1) is 7.72. The van der Waals surface area contributed by atoms with Crippen LogP contribution in [0.5, 0.6) is 0 Å². The first-order valence-electron chi connectivity index (χ1n) is 6.29. The highest BCUT2D eigenvalue weighted by Crippen LogP contribution is 2.25. The average Bonchev–Trinajstić information content (AvgIpc) is 2.54. The van der Waals surface area contributed by atoms with Crippen LogP contribution < -0.4 is 5.32 Å². The Bertz CT molecular complexity index is 253. The van der Waals surface area contributed by atoms with Gasteiger partial charge >= 0.3 is 0 Å². The van der Waals surface area contributed by atoms with Crippen molar-refractivity contribution < 1.29 is 9.53 Å². The third-order valence-electron chi connectivity index (χ3n) is 3.75. The van der Waals surface area contributed by atoms with E-state index >= 15 is 0 Å². The van der Waals surface area contributed by atoms with Gasteiger partial charge < -0.3 is 15.0 Å². The fourth-order valence-corrected chi connectivity index (χ4v) is 2.42. The lowest BCUT2D eigenvalue weighted by Crippen LogP contribution is -2.51. The molecule has 2 rings (SSSR count). The van der Waals surface area contributed by atoms with Gasteiger partial charge in [-0.1, -0.05) is 6.92 Å². The van der Waals surface area contributed by atoms with Crippen molar-refractivity contribution in [3.8, 4) is 0 Å². The van der Waals surface area contributed by atoms with Gasteiger partial charge in [0.1, 0.15) is 0 Å². The zero-order chi connectivity index (χ0) is 11.5. The van der Waals surface area contributed by atoms with Crippen LogP contribution in [0.1, 0.15) is 13.8 Å². The lowest BCUT2D eigenvalue weighted by Gasteiger charge is -2.30. The van der Waals surface area contributed by atoms with Crippen LogP contribution in [0.4, 0.5) is 0 Å². The highest BCUT2D eigenvalue weighted by atomic mass is 16.5. The molecule has 2 aliphatic rings. The summed E-state index contributed by atoms with van der Waals surface area (Å²) in [6.07, 6.45) is 0. The summed E-state index contributed by atoms with van der Waals surface area (Å²) in [4.78, 5) is 14.1. The van der Waals surface area contributed by atoms with Crippen molar-refractivity contribution in [2.45, 2.75) is 13.8 Å². The molecule has 0 aliphatic carbocycles. The second-order valence-corrected chi connectivity index (χ2v) is 5.00. The summed E-state index contributed by atoms with van der Waals surface area (Å²) in [7, 11) is 0. The van der Waals surface area contributed by atoms with Crippen LogP contribution in [0.2, 0.25) is 0 Å². The summed E-state index contributed by atoms with van der Waals surface area (Å²) in [5.41, 5.74) is 0. The van der Waals surface area contributed by atoms with Gasteiger partial charge in [-0.25, -0.2) is 0 Å². The van der Waals surface area contributed by atoms with E-state index in [1.165, 1.54) is 0 Å². The predicted molar refractivity (Wildman–Crippen MR) is 62.1 cm³/mol. The Balaban J connectivity index is 1.82. The number of carbonyl (C=O) groups is 1. The molecule has 0 saturated carbocycles. The molecule has 0 radical (unpaired) electrons. The van der Waals surface area contributed by atoms with E-state index in [-0.39, 0.29) is 5.92 Å². The third kappa shape index (κ3) is 2.38. The summed E-state index contributed by atoms with van der Waals surface area (Å²) in [5, 5.41) is 3.15. The first-order valence-corrected chi connectivity index (χ1v) is 6.29. The van der Waals surface area contributed by atoms with Crippen molar-refractivity contribution in [2.75, 3.05) is 39.4 Å². The Hall–Kier alpha value is -0.610. The molecule has 2 fully saturated rings. The van der Waals surface area contributed by atoms with Crippen molar-refractivity contribution in [3.63, 3.8) is 0 Å². The van der Waals surface area contributed by atoms with Gasteiger partial charge in [-0.05, 0) is 12.8 Å². The normalized spacial score (nSPS) is 30.5. The number of likely N-dealkylation sites (tertiary alicyclic amines) is 1. The van der Waals surface area contributed by atoms with E-state index in [0.717, 1.165) is 39.4 Å². The zero-order valence-corrected chi connectivity index (χ0v) is 10.2. The van der Waals surface area contributed by atoms with E-state index in [1.54, 1.807) is 0 Å². The molecule has 2 atom stereocenters. The molecule has 4 nitrogen and oxygen atoms in total. The second kappa shape index (κ2) is 5.15. The summed E-state index contributed by atoms with van der Waals surface area (Å²) in [6.45, 7) is 9.32. The van der Waals surface area contributed by atoms with Gasteiger partial charge in [0.15, 0.2) is 0 Å². The first kappa shape index (κ1) is 11.9. The van der Waals surface area contributed by atoms with Gasteiger partial charge in [0.2, 0.25) is 5.91 Å². The Kier molecular flexibility index (Phi) is 3.82. The largest absolute Gasteiger partial charge is 0.381 e. The van der Waals surface area contributed by atoms with Crippen molar-refractivity contribution in [3.05, 3.63) is 0 Å². The fourth-order valence-electron chi connectivity index (χ4n) is 2.42. The van der Waals surface area contributed by atoms with Crippen LogP contribution in [0, 0.1) is 17.8 Å². The van der Waals surface area contributed by atoms with E-state index in [9.17, 15) is 4.79 Å².